The highest BCUT2D eigenvalue weighted by Crippen LogP contribution is 2.52. The molecule has 2 aromatic carbocycles. The third-order valence-electron chi connectivity index (χ3n) is 8.55. The van der Waals surface area contributed by atoms with Gasteiger partial charge in [-0.25, -0.2) is 0 Å². The number of carbonyl (C=O) groups is 4. The van der Waals surface area contributed by atoms with Crippen LogP contribution in [0.4, 0.5) is 0 Å². The lowest BCUT2D eigenvalue weighted by atomic mass is 9.71. The Balaban J connectivity index is 1.57. The number of Topliss-reactive ketones (excluding diaryl/α,β-unsaturated/α-hetero) is 1. The SMILES string of the molecule is CONCC(=O)NC1C[C@H](O[C@H]2C[C@](O)(C(C)=O)Cc3c(O)c4c(c(O)c32)C(=O)c2c(CO)cccc2C4=O)OC(C)[C@H]1O. The summed E-state index contributed by atoms with van der Waals surface area (Å²) in [7, 11) is 1.34. The van der Waals surface area contributed by atoms with Gasteiger partial charge in [-0.15, -0.1) is 0 Å². The maximum Gasteiger partial charge on any atom is 0.236 e. The Morgan fingerprint density at radius 1 is 1.11 bits per heavy atom. The molecule has 2 aromatic rings. The van der Waals surface area contributed by atoms with Crippen LogP contribution < -0.4 is 10.8 Å². The maximum absolute atomic E-state index is 13.7. The lowest BCUT2D eigenvalue weighted by molar-refractivity contribution is -0.249. The third kappa shape index (κ3) is 5.28. The van der Waals surface area contributed by atoms with Crippen LogP contribution in [-0.4, -0.2) is 92.6 Å². The molecule has 0 bridgehead atoms. The minimum atomic E-state index is -2.08. The van der Waals surface area contributed by atoms with Gasteiger partial charge in [0.25, 0.3) is 0 Å². The van der Waals surface area contributed by atoms with Gasteiger partial charge in [0, 0.05) is 41.5 Å². The molecule has 2 aliphatic carbocycles. The van der Waals surface area contributed by atoms with Crippen LogP contribution in [0, 0.1) is 0 Å². The molecule has 5 rings (SSSR count). The van der Waals surface area contributed by atoms with E-state index in [4.69, 9.17) is 9.47 Å². The number of hydrogen-bond acceptors (Lipinski definition) is 13. The topological polar surface area (TPSA) is 221 Å². The number of ketones is 3. The second-order valence-electron chi connectivity index (χ2n) is 11.3. The summed E-state index contributed by atoms with van der Waals surface area (Å²) >= 11 is 0. The summed E-state index contributed by atoms with van der Waals surface area (Å²) in [6, 6.07) is 3.45. The number of hydroxylamine groups is 1. The molecule has 1 heterocycles. The molecule has 14 nitrogen and oxygen atoms in total. The van der Waals surface area contributed by atoms with Crippen LogP contribution in [0.25, 0.3) is 0 Å². The Morgan fingerprint density at radius 2 is 1.82 bits per heavy atom. The second kappa shape index (κ2) is 12.0. The number of amides is 1. The zero-order valence-electron chi connectivity index (χ0n) is 24.2. The lowest BCUT2D eigenvalue weighted by Gasteiger charge is -2.42. The van der Waals surface area contributed by atoms with Gasteiger partial charge in [0.1, 0.15) is 23.2 Å². The number of ether oxygens (including phenoxy) is 2. The van der Waals surface area contributed by atoms with Crippen molar-refractivity contribution in [3.63, 3.8) is 0 Å². The molecule has 1 fully saturated rings. The van der Waals surface area contributed by atoms with Crippen LogP contribution in [0.3, 0.4) is 0 Å². The highest BCUT2D eigenvalue weighted by atomic mass is 16.7. The molecule has 3 aliphatic rings. The Hall–Kier alpha value is -3.76. The molecule has 0 aromatic heterocycles. The molecule has 236 valence electrons. The Labute approximate surface area is 251 Å². The fraction of sp³-hybridized carbons (Fsp3) is 0.467. The molecule has 14 heteroatoms. The first-order valence-electron chi connectivity index (χ1n) is 14.0. The molecule has 0 radical (unpaired) electrons. The van der Waals surface area contributed by atoms with E-state index in [9.17, 15) is 44.7 Å². The molecule has 6 atom stereocenters. The predicted molar refractivity (Wildman–Crippen MR) is 149 cm³/mol. The van der Waals surface area contributed by atoms with Gasteiger partial charge in [-0.1, -0.05) is 18.2 Å². The molecule has 0 spiro atoms. The molecule has 2 unspecified atom stereocenters. The smallest absolute Gasteiger partial charge is 0.236 e. The molecule has 7 N–H and O–H groups in total. The molecular formula is C30H34N2O12. The van der Waals surface area contributed by atoms with Crippen molar-refractivity contribution in [1.82, 2.24) is 10.8 Å². The van der Waals surface area contributed by atoms with Gasteiger partial charge in [0.2, 0.25) is 5.91 Å². The van der Waals surface area contributed by atoms with Crippen molar-refractivity contribution in [3.05, 3.63) is 57.1 Å². The summed E-state index contributed by atoms with van der Waals surface area (Å²) in [6.07, 6.45) is -5.45. The van der Waals surface area contributed by atoms with E-state index in [1.54, 1.807) is 6.92 Å². The van der Waals surface area contributed by atoms with E-state index in [0.29, 0.717) is 0 Å². The summed E-state index contributed by atoms with van der Waals surface area (Å²) in [5.74, 6) is -4.12. The maximum atomic E-state index is 13.7. The van der Waals surface area contributed by atoms with E-state index < -0.39 is 102 Å². The number of rotatable bonds is 8. The van der Waals surface area contributed by atoms with Crippen LogP contribution in [-0.2, 0) is 36.9 Å². The van der Waals surface area contributed by atoms with E-state index in [1.165, 1.54) is 25.3 Å². The van der Waals surface area contributed by atoms with Crippen molar-refractivity contribution in [3.8, 4) is 11.5 Å². The Kier molecular flexibility index (Phi) is 8.61. The van der Waals surface area contributed by atoms with Gasteiger partial charge in [-0.05, 0) is 19.4 Å². The Morgan fingerprint density at radius 3 is 2.48 bits per heavy atom. The number of fused-ring (bicyclic) bond motifs is 3. The molecular weight excluding hydrogens is 580 g/mol. The first-order valence-corrected chi connectivity index (χ1v) is 14.0. The van der Waals surface area contributed by atoms with Gasteiger partial charge in [-0.2, -0.15) is 5.48 Å². The summed E-state index contributed by atoms with van der Waals surface area (Å²) in [5.41, 5.74) is -0.988. The van der Waals surface area contributed by atoms with Gasteiger partial charge < -0.3 is 45.2 Å². The molecule has 0 saturated carbocycles. The molecule has 1 amide bonds. The number of benzene rings is 2. The largest absolute Gasteiger partial charge is 0.507 e. The van der Waals surface area contributed by atoms with Crippen molar-refractivity contribution in [2.24, 2.45) is 0 Å². The van der Waals surface area contributed by atoms with Crippen molar-refractivity contribution >= 4 is 23.3 Å². The van der Waals surface area contributed by atoms with Crippen molar-refractivity contribution < 1.29 is 59.0 Å². The van der Waals surface area contributed by atoms with Gasteiger partial charge in [0.15, 0.2) is 23.6 Å². The fourth-order valence-corrected chi connectivity index (χ4v) is 6.23. The number of aromatic hydroxyl groups is 2. The van der Waals surface area contributed by atoms with Crippen LogP contribution >= 0.6 is 0 Å². The standard InChI is InChI=1S/C30H34N2O12/c1-12-25(36)17(32-19(35)10-31-42-3)7-20(43-12)44-18-9-30(41,13(2)34)8-16-22(18)29(40)24-23(27(16)38)26(37)15-6-4-5-14(11-33)21(15)28(24)39/h4-6,12,17-18,20,25,31,33,36,38,40-41H,7-11H2,1-3H3,(H,32,35)/t12?,17?,18-,20-,25+,30-/m0/s1. The van der Waals surface area contributed by atoms with E-state index >= 15 is 0 Å². The van der Waals surface area contributed by atoms with E-state index in [2.05, 4.69) is 15.6 Å². The predicted octanol–water partition coefficient (Wildman–Crippen LogP) is -0.179. The van der Waals surface area contributed by atoms with E-state index in [0.717, 1.165) is 6.92 Å². The number of carbonyl (C=O) groups excluding carboxylic acids is 4. The summed E-state index contributed by atoms with van der Waals surface area (Å²) < 4.78 is 12.0. The van der Waals surface area contributed by atoms with Gasteiger partial charge in [-0.3, -0.25) is 19.2 Å². The minimum absolute atomic E-state index is 0.0777. The van der Waals surface area contributed by atoms with Crippen molar-refractivity contribution in [1.29, 1.82) is 0 Å². The lowest BCUT2D eigenvalue weighted by Crippen LogP contribution is -2.56. The normalized spacial score (nSPS) is 27.7. The quantitative estimate of drug-likeness (QED) is 0.129. The van der Waals surface area contributed by atoms with Crippen molar-refractivity contribution in [2.75, 3.05) is 13.7 Å². The average molecular weight is 615 g/mol. The number of aliphatic hydroxyl groups excluding tert-OH is 2. The zero-order chi connectivity index (χ0) is 32.1. The van der Waals surface area contributed by atoms with Crippen LogP contribution in [0.2, 0.25) is 0 Å². The summed E-state index contributed by atoms with van der Waals surface area (Å²) in [6.45, 7) is 1.94. The van der Waals surface area contributed by atoms with Gasteiger partial charge in [0.05, 0.1) is 49.6 Å². The summed E-state index contributed by atoms with van der Waals surface area (Å²) in [4.78, 5) is 56.9. The third-order valence-corrected chi connectivity index (χ3v) is 8.55. The molecule has 1 aliphatic heterocycles. The fourth-order valence-electron chi connectivity index (χ4n) is 6.23. The highest BCUT2D eigenvalue weighted by Gasteiger charge is 2.49. The first kappa shape index (κ1) is 31.7. The van der Waals surface area contributed by atoms with Crippen LogP contribution in [0.1, 0.15) is 81.3 Å². The van der Waals surface area contributed by atoms with Crippen molar-refractivity contribution in [2.45, 2.75) is 76.0 Å². The summed E-state index contributed by atoms with van der Waals surface area (Å²) in [5, 5.41) is 57.5. The minimum Gasteiger partial charge on any atom is -0.507 e. The highest BCUT2D eigenvalue weighted by molar-refractivity contribution is 6.31. The number of phenolic OH excluding ortho intramolecular Hbond substituents is 2. The Bertz CT molecular complexity index is 1540. The average Bonchev–Trinajstić information content (AvgIpc) is 2.98. The van der Waals surface area contributed by atoms with Crippen LogP contribution in [0.5, 0.6) is 11.5 Å². The second-order valence-corrected chi connectivity index (χ2v) is 11.3. The number of aliphatic hydroxyl groups is 3. The molecule has 44 heavy (non-hydrogen) atoms. The number of nitrogens with one attached hydrogen (secondary N) is 2. The zero-order valence-corrected chi connectivity index (χ0v) is 24.2. The first-order chi connectivity index (χ1) is 20.8. The molecule has 1 saturated heterocycles. The van der Waals surface area contributed by atoms with E-state index in [1.807, 2.05) is 0 Å². The number of phenols is 2. The monoisotopic (exact) mass is 614 g/mol. The number of hydrogen-bond donors (Lipinski definition) is 7. The van der Waals surface area contributed by atoms with Gasteiger partial charge >= 0.3 is 0 Å². The van der Waals surface area contributed by atoms with Crippen LogP contribution in [0.15, 0.2) is 18.2 Å². The van der Waals surface area contributed by atoms with E-state index in [-0.39, 0.29) is 40.8 Å².